The maximum Gasteiger partial charge on any atom is 0.134 e. The summed E-state index contributed by atoms with van der Waals surface area (Å²) in [5.41, 5.74) is 7.10. The van der Waals surface area contributed by atoms with Gasteiger partial charge >= 0.3 is 0 Å². The van der Waals surface area contributed by atoms with Gasteiger partial charge in [0.15, 0.2) is 0 Å². The Kier molecular flexibility index (Phi) is 4.29. The van der Waals surface area contributed by atoms with Gasteiger partial charge in [-0.2, -0.15) is 0 Å². The van der Waals surface area contributed by atoms with E-state index in [1.807, 2.05) is 17.8 Å². The Morgan fingerprint density at radius 3 is 2.67 bits per heavy atom. The van der Waals surface area contributed by atoms with Crippen molar-refractivity contribution in [3.05, 3.63) is 42.2 Å². The summed E-state index contributed by atoms with van der Waals surface area (Å²) in [5.74, 6) is 1.48. The fraction of sp³-hybridized carbons (Fsp3) is 0.375. The van der Waals surface area contributed by atoms with E-state index in [1.54, 1.807) is 6.33 Å². The van der Waals surface area contributed by atoms with E-state index in [9.17, 15) is 0 Å². The third-order valence-corrected chi connectivity index (χ3v) is 5.34. The average molecular weight is 300 g/mol. The van der Waals surface area contributed by atoms with E-state index < -0.39 is 0 Å². The number of hydrogen-bond acceptors (Lipinski definition) is 5. The molecular formula is C16H20N4S. The van der Waals surface area contributed by atoms with Crippen molar-refractivity contribution in [3.63, 3.8) is 0 Å². The first-order chi connectivity index (χ1) is 10.2. The van der Waals surface area contributed by atoms with Crippen LogP contribution in [-0.4, -0.2) is 28.3 Å². The van der Waals surface area contributed by atoms with Crippen molar-refractivity contribution in [1.82, 2.24) is 9.97 Å². The zero-order valence-electron chi connectivity index (χ0n) is 12.2. The number of piperidine rings is 1. The summed E-state index contributed by atoms with van der Waals surface area (Å²) in [6, 6.07) is 10.5. The van der Waals surface area contributed by atoms with Crippen molar-refractivity contribution >= 4 is 23.4 Å². The van der Waals surface area contributed by atoms with Gasteiger partial charge in [0, 0.05) is 29.3 Å². The maximum absolute atomic E-state index is 5.73. The Bertz CT molecular complexity index is 609. The third-order valence-electron chi connectivity index (χ3n) is 3.83. The molecule has 0 atom stereocenters. The molecule has 0 unspecified atom stereocenters. The number of nitrogen functional groups attached to an aromatic ring is 1. The topological polar surface area (TPSA) is 55.0 Å². The van der Waals surface area contributed by atoms with Crippen LogP contribution in [0.4, 0.5) is 11.6 Å². The molecule has 0 spiro atoms. The Morgan fingerprint density at radius 1 is 1.19 bits per heavy atom. The zero-order chi connectivity index (χ0) is 14.7. The largest absolute Gasteiger partial charge is 0.384 e. The van der Waals surface area contributed by atoms with Crippen molar-refractivity contribution in [2.75, 3.05) is 23.7 Å². The minimum Gasteiger partial charge on any atom is -0.384 e. The molecule has 1 aromatic carbocycles. The summed E-state index contributed by atoms with van der Waals surface area (Å²) in [6.07, 6.45) is 3.88. The zero-order valence-corrected chi connectivity index (χ0v) is 13.0. The first-order valence-corrected chi connectivity index (χ1v) is 8.15. The van der Waals surface area contributed by atoms with Crippen LogP contribution < -0.4 is 10.6 Å². The van der Waals surface area contributed by atoms with E-state index in [2.05, 4.69) is 46.1 Å². The number of hydrogen-bond donors (Lipinski definition) is 1. The second-order valence-corrected chi connectivity index (χ2v) is 6.71. The van der Waals surface area contributed by atoms with Crippen LogP contribution in [0.5, 0.6) is 0 Å². The van der Waals surface area contributed by atoms with Crippen LogP contribution in [-0.2, 0) is 0 Å². The average Bonchev–Trinajstić information content (AvgIpc) is 2.50. The molecule has 1 aliphatic heterocycles. The molecule has 1 aliphatic rings. The molecule has 1 saturated heterocycles. The van der Waals surface area contributed by atoms with E-state index in [0.717, 1.165) is 18.9 Å². The first-order valence-electron chi connectivity index (χ1n) is 7.27. The van der Waals surface area contributed by atoms with Gasteiger partial charge in [-0.3, -0.25) is 0 Å². The SMILES string of the molecule is Cc1ccccc1SC1CCN(c2cc(N)ncn2)CC1. The molecule has 0 saturated carbocycles. The maximum atomic E-state index is 5.73. The molecule has 0 bridgehead atoms. The number of aromatic nitrogens is 2. The van der Waals surface area contributed by atoms with Crippen LogP contribution in [0.1, 0.15) is 18.4 Å². The lowest BCUT2D eigenvalue weighted by molar-refractivity contribution is 0.586. The van der Waals surface area contributed by atoms with E-state index in [0.29, 0.717) is 11.1 Å². The Balaban J connectivity index is 1.59. The highest BCUT2D eigenvalue weighted by Gasteiger charge is 2.21. The number of anilines is 2. The number of rotatable bonds is 3. The fourth-order valence-corrected chi connectivity index (χ4v) is 3.82. The highest BCUT2D eigenvalue weighted by Crippen LogP contribution is 2.33. The highest BCUT2D eigenvalue weighted by atomic mass is 32.2. The lowest BCUT2D eigenvalue weighted by atomic mass is 10.1. The normalized spacial score (nSPS) is 16.1. The quantitative estimate of drug-likeness (QED) is 0.944. The van der Waals surface area contributed by atoms with Gasteiger partial charge in [-0.25, -0.2) is 9.97 Å². The van der Waals surface area contributed by atoms with Crippen LogP contribution in [0, 0.1) is 6.92 Å². The van der Waals surface area contributed by atoms with E-state index in [-0.39, 0.29) is 0 Å². The summed E-state index contributed by atoms with van der Waals surface area (Å²) in [6.45, 7) is 4.24. The van der Waals surface area contributed by atoms with Crippen LogP contribution in [0.15, 0.2) is 41.6 Å². The molecule has 1 aromatic heterocycles. The molecule has 2 heterocycles. The molecular weight excluding hydrogens is 280 g/mol. The summed E-state index contributed by atoms with van der Waals surface area (Å²) < 4.78 is 0. The smallest absolute Gasteiger partial charge is 0.134 e. The predicted molar refractivity (Wildman–Crippen MR) is 88.7 cm³/mol. The number of nitrogens with two attached hydrogens (primary N) is 1. The van der Waals surface area contributed by atoms with Gasteiger partial charge in [0.2, 0.25) is 0 Å². The first kappa shape index (κ1) is 14.2. The van der Waals surface area contributed by atoms with Gasteiger partial charge in [-0.1, -0.05) is 18.2 Å². The number of nitrogens with zero attached hydrogens (tertiary/aromatic N) is 3. The minimum absolute atomic E-state index is 0.538. The van der Waals surface area contributed by atoms with Crippen molar-refractivity contribution in [2.45, 2.75) is 29.9 Å². The molecule has 2 N–H and O–H groups in total. The summed E-state index contributed by atoms with van der Waals surface area (Å²) in [7, 11) is 0. The number of thioether (sulfide) groups is 1. The van der Waals surface area contributed by atoms with Crippen molar-refractivity contribution in [3.8, 4) is 0 Å². The van der Waals surface area contributed by atoms with E-state index >= 15 is 0 Å². The summed E-state index contributed by atoms with van der Waals surface area (Å²) in [4.78, 5) is 12.0. The van der Waals surface area contributed by atoms with Crippen LogP contribution in [0.25, 0.3) is 0 Å². The summed E-state index contributed by atoms with van der Waals surface area (Å²) in [5, 5.41) is 0.682. The molecule has 110 valence electrons. The molecule has 1 fully saturated rings. The summed E-state index contributed by atoms with van der Waals surface area (Å²) >= 11 is 2.01. The van der Waals surface area contributed by atoms with Gasteiger partial charge in [-0.15, -0.1) is 11.8 Å². The molecule has 0 radical (unpaired) electrons. The van der Waals surface area contributed by atoms with Crippen molar-refractivity contribution in [2.24, 2.45) is 0 Å². The molecule has 0 aliphatic carbocycles. The van der Waals surface area contributed by atoms with Gasteiger partial charge in [-0.05, 0) is 31.4 Å². The molecule has 0 amide bonds. The van der Waals surface area contributed by atoms with Gasteiger partial charge in [0.25, 0.3) is 0 Å². The Hall–Kier alpha value is -1.75. The van der Waals surface area contributed by atoms with E-state index in [1.165, 1.54) is 23.3 Å². The lowest BCUT2D eigenvalue weighted by Crippen LogP contribution is -2.35. The minimum atomic E-state index is 0.538. The molecule has 2 aromatic rings. The fourth-order valence-electron chi connectivity index (χ4n) is 2.61. The third kappa shape index (κ3) is 3.47. The second kappa shape index (κ2) is 6.35. The molecule has 21 heavy (non-hydrogen) atoms. The monoisotopic (exact) mass is 300 g/mol. The molecule has 3 rings (SSSR count). The van der Waals surface area contributed by atoms with E-state index in [4.69, 9.17) is 5.73 Å². The van der Waals surface area contributed by atoms with Gasteiger partial charge in [0.05, 0.1) is 0 Å². The highest BCUT2D eigenvalue weighted by molar-refractivity contribution is 8.00. The predicted octanol–water partition coefficient (Wildman–Crippen LogP) is 3.13. The van der Waals surface area contributed by atoms with Gasteiger partial charge < -0.3 is 10.6 Å². The Labute approximate surface area is 129 Å². The number of aryl methyl sites for hydroxylation is 1. The standard InChI is InChI=1S/C16H20N4S/c1-12-4-2-3-5-14(12)21-13-6-8-20(9-7-13)16-10-15(17)18-11-19-16/h2-5,10-11,13H,6-9H2,1H3,(H2,17,18,19). The van der Waals surface area contributed by atoms with Crippen LogP contribution >= 0.6 is 11.8 Å². The van der Waals surface area contributed by atoms with Crippen LogP contribution in [0.2, 0.25) is 0 Å². The number of benzene rings is 1. The van der Waals surface area contributed by atoms with Crippen molar-refractivity contribution < 1.29 is 0 Å². The Morgan fingerprint density at radius 2 is 1.95 bits per heavy atom. The molecule has 4 nitrogen and oxygen atoms in total. The lowest BCUT2D eigenvalue weighted by Gasteiger charge is -2.32. The van der Waals surface area contributed by atoms with Crippen molar-refractivity contribution in [1.29, 1.82) is 0 Å². The van der Waals surface area contributed by atoms with Crippen LogP contribution in [0.3, 0.4) is 0 Å². The second-order valence-electron chi connectivity index (χ2n) is 5.37. The van der Waals surface area contributed by atoms with Gasteiger partial charge in [0.1, 0.15) is 18.0 Å². The molecule has 5 heteroatoms.